The first-order chi connectivity index (χ1) is 13.7. The standard InChI is InChI=1S/C22H25N3O2S/c1-25-21(17-10-12-19(13-11-17)27-18-7-3-4-8-18)23-24-22(25)28-15-16-6-5-9-20(14-16)26-2/h5-6,9-14,18H,3-4,7-8,15H2,1-2H3. The van der Waals surface area contributed by atoms with Gasteiger partial charge in [0.05, 0.1) is 13.2 Å². The van der Waals surface area contributed by atoms with Crippen molar-refractivity contribution < 1.29 is 9.47 Å². The van der Waals surface area contributed by atoms with Crippen LogP contribution in [0.25, 0.3) is 11.4 Å². The number of methoxy groups -OCH3 is 1. The lowest BCUT2D eigenvalue weighted by molar-refractivity contribution is 0.210. The SMILES string of the molecule is COc1cccc(CSc2nnc(-c3ccc(OC4CCCC4)cc3)n2C)c1. The number of aromatic nitrogens is 3. The van der Waals surface area contributed by atoms with Gasteiger partial charge in [-0.05, 0) is 67.6 Å². The van der Waals surface area contributed by atoms with Gasteiger partial charge in [0.25, 0.3) is 0 Å². The molecule has 4 rings (SSSR count). The molecule has 146 valence electrons. The van der Waals surface area contributed by atoms with Crippen LogP contribution in [0.3, 0.4) is 0 Å². The Hall–Kier alpha value is -2.47. The van der Waals surface area contributed by atoms with Crippen molar-refractivity contribution in [2.75, 3.05) is 7.11 Å². The van der Waals surface area contributed by atoms with Crippen LogP contribution in [0.4, 0.5) is 0 Å². The summed E-state index contributed by atoms with van der Waals surface area (Å²) in [4.78, 5) is 0. The highest BCUT2D eigenvalue weighted by Gasteiger charge is 2.17. The number of ether oxygens (including phenoxy) is 2. The fourth-order valence-electron chi connectivity index (χ4n) is 3.48. The van der Waals surface area contributed by atoms with Gasteiger partial charge in [-0.1, -0.05) is 23.9 Å². The Balaban J connectivity index is 1.42. The Bertz CT molecular complexity index is 918. The zero-order valence-corrected chi connectivity index (χ0v) is 17.1. The van der Waals surface area contributed by atoms with E-state index in [1.54, 1.807) is 18.9 Å². The second-order valence-electron chi connectivity index (χ2n) is 7.05. The van der Waals surface area contributed by atoms with E-state index in [0.717, 1.165) is 33.8 Å². The summed E-state index contributed by atoms with van der Waals surface area (Å²) in [5, 5.41) is 9.65. The van der Waals surface area contributed by atoms with Gasteiger partial charge in [-0.3, -0.25) is 0 Å². The van der Waals surface area contributed by atoms with Gasteiger partial charge in [-0.15, -0.1) is 10.2 Å². The molecule has 1 heterocycles. The molecule has 1 aromatic heterocycles. The molecule has 1 aliphatic rings. The minimum atomic E-state index is 0.375. The monoisotopic (exact) mass is 395 g/mol. The number of thioether (sulfide) groups is 1. The van der Waals surface area contributed by atoms with Crippen LogP contribution in [0, 0.1) is 0 Å². The normalized spacial score (nSPS) is 14.4. The summed E-state index contributed by atoms with van der Waals surface area (Å²) in [6.07, 6.45) is 5.26. The number of rotatable bonds is 7. The lowest BCUT2D eigenvalue weighted by Gasteiger charge is -2.13. The van der Waals surface area contributed by atoms with E-state index in [0.29, 0.717) is 6.10 Å². The summed E-state index contributed by atoms with van der Waals surface area (Å²) in [5.41, 5.74) is 2.24. The fourth-order valence-corrected chi connectivity index (χ4v) is 4.34. The van der Waals surface area contributed by atoms with E-state index >= 15 is 0 Å². The average Bonchev–Trinajstić information content (AvgIpc) is 3.37. The molecule has 0 aliphatic heterocycles. The zero-order chi connectivity index (χ0) is 19.3. The van der Waals surface area contributed by atoms with Crippen molar-refractivity contribution in [1.82, 2.24) is 14.8 Å². The maximum atomic E-state index is 6.05. The summed E-state index contributed by atoms with van der Waals surface area (Å²) < 4.78 is 13.4. The summed E-state index contributed by atoms with van der Waals surface area (Å²) in [5.74, 6) is 3.49. The molecule has 1 aliphatic carbocycles. The van der Waals surface area contributed by atoms with Crippen LogP contribution < -0.4 is 9.47 Å². The van der Waals surface area contributed by atoms with E-state index in [1.807, 2.05) is 41.9 Å². The van der Waals surface area contributed by atoms with E-state index in [1.165, 1.54) is 31.2 Å². The molecule has 28 heavy (non-hydrogen) atoms. The molecule has 0 bridgehead atoms. The number of hydrogen-bond donors (Lipinski definition) is 0. The van der Waals surface area contributed by atoms with Crippen molar-refractivity contribution >= 4 is 11.8 Å². The molecule has 0 spiro atoms. The molecule has 1 saturated carbocycles. The first-order valence-electron chi connectivity index (χ1n) is 9.65. The van der Waals surface area contributed by atoms with Crippen molar-refractivity contribution in [3.63, 3.8) is 0 Å². The van der Waals surface area contributed by atoms with Gasteiger partial charge >= 0.3 is 0 Å². The highest BCUT2D eigenvalue weighted by Crippen LogP contribution is 2.29. The predicted octanol–water partition coefficient (Wildman–Crippen LogP) is 5.10. The zero-order valence-electron chi connectivity index (χ0n) is 16.3. The molecule has 0 saturated heterocycles. The van der Waals surface area contributed by atoms with Crippen LogP contribution in [0.2, 0.25) is 0 Å². The molecule has 0 unspecified atom stereocenters. The Morgan fingerprint density at radius 2 is 1.82 bits per heavy atom. The largest absolute Gasteiger partial charge is 0.497 e. The molecule has 1 fully saturated rings. The predicted molar refractivity (Wildman–Crippen MR) is 112 cm³/mol. The molecule has 0 atom stereocenters. The van der Waals surface area contributed by atoms with Gasteiger partial charge in [0.1, 0.15) is 11.5 Å². The van der Waals surface area contributed by atoms with Gasteiger partial charge in [0, 0.05) is 18.4 Å². The number of hydrogen-bond acceptors (Lipinski definition) is 5. The maximum absolute atomic E-state index is 6.05. The van der Waals surface area contributed by atoms with E-state index < -0.39 is 0 Å². The summed E-state index contributed by atoms with van der Waals surface area (Å²) in [6.45, 7) is 0. The molecule has 0 radical (unpaired) electrons. The van der Waals surface area contributed by atoms with Crippen molar-refractivity contribution in [1.29, 1.82) is 0 Å². The van der Waals surface area contributed by atoms with Gasteiger partial charge in [0.2, 0.25) is 0 Å². The van der Waals surface area contributed by atoms with Gasteiger partial charge in [0.15, 0.2) is 11.0 Å². The van der Waals surface area contributed by atoms with Crippen LogP contribution >= 0.6 is 11.8 Å². The van der Waals surface area contributed by atoms with Crippen molar-refractivity contribution in [3.05, 3.63) is 54.1 Å². The lowest BCUT2D eigenvalue weighted by Crippen LogP contribution is -2.10. The molecular formula is C22H25N3O2S. The second kappa shape index (κ2) is 8.69. The first kappa shape index (κ1) is 18.9. The van der Waals surface area contributed by atoms with Crippen LogP contribution in [0.5, 0.6) is 11.5 Å². The number of nitrogens with zero attached hydrogens (tertiary/aromatic N) is 3. The summed E-state index contributed by atoms with van der Waals surface area (Å²) in [7, 11) is 3.69. The van der Waals surface area contributed by atoms with E-state index in [-0.39, 0.29) is 0 Å². The third-order valence-corrected chi connectivity index (χ3v) is 6.15. The first-order valence-corrected chi connectivity index (χ1v) is 10.6. The third-order valence-electron chi connectivity index (χ3n) is 5.05. The van der Waals surface area contributed by atoms with Crippen LogP contribution in [-0.4, -0.2) is 28.0 Å². The Labute approximate surface area is 170 Å². The summed E-state index contributed by atoms with van der Waals surface area (Å²) in [6, 6.07) is 16.3. The molecule has 2 aromatic carbocycles. The lowest BCUT2D eigenvalue weighted by atomic mass is 10.2. The van der Waals surface area contributed by atoms with Crippen molar-refractivity contribution in [2.24, 2.45) is 7.05 Å². The average molecular weight is 396 g/mol. The van der Waals surface area contributed by atoms with Gasteiger partial charge < -0.3 is 14.0 Å². The summed E-state index contributed by atoms with van der Waals surface area (Å²) >= 11 is 1.67. The second-order valence-corrected chi connectivity index (χ2v) is 8.00. The Kier molecular flexibility index (Phi) is 5.86. The minimum Gasteiger partial charge on any atom is -0.497 e. The maximum Gasteiger partial charge on any atom is 0.191 e. The van der Waals surface area contributed by atoms with Gasteiger partial charge in [-0.25, -0.2) is 0 Å². The minimum absolute atomic E-state index is 0.375. The molecule has 0 N–H and O–H groups in total. The topological polar surface area (TPSA) is 49.2 Å². The molecule has 5 nitrogen and oxygen atoms in total. The highest BCUT2D eigenvalue weighted by molar-refractivity contribution is 7.98. The van der Waals surface area contributed by atoms with E-state index in [4.69, 9.17) is 9.47 Å². The Morgan fingerprint density at radius 1 is 1.04 bits per heavy atom. The molecule has 3 aromatic rings. The molecular weight excluding hydrogens is 370 g/mol. The third kappa shape index (κ3) is 4.33. The van der Waals surface area contributed by atoms with Crippen molar-refractivity contribution in [3.8, 4) is 22.9 Å². The van der Waals surface area contributed by atoms with Crippen LogP contribution in [0.1, 0.15) is 31.2 Å². The van der Waals surface area contributed by atoms with Crippen LogP contribution in [0.15, 0.2) is 53.7 Å². The molecule has 0 amide bonds. The van der Waals surface area contributed by atoms with E-state index in [9.17, 15) is 0 Å². The van der Waals surface area contributed by atoms with Crippen molar-refractivity contribution in [2.45, 2.75) is 42.7 Å². The quantitative estimate of drug-likeness (QED) is 0.521. The molecule has 6 heteroatoms. The van der Waals surface area contributed by atoms with E-state index in [2.05, 4.69) is 28.4 Å². The fraction of sp³-hybridized carbons (Fsp3) is 0.364. The van der Waals surface area contributed by atoms with Crippen LogP contribution in [-0.2, 0) is 12.8 Å². The number of benzene rings is 2. The smallest absolute Gasteiger partial charge is 0.191 e. The highest BCUT2D eigenvalue weighted by atomic mass is 32.2. The Morgan fingerprint density at radius 3 is 2.57 bits per heavy atom. The van der Waals surface area contributed by atoms with Gasteiger partial charge in [-0.2, -0.15) is 0 Å².